The Morgan fingerprint density at radius 2 is 2.40 bits per heavy atom. The van der Waals surface area contributed by atoms with Crippen LogP contribution in [-0.2, 0) is 34.3 Å². The number of hydrogen-bond acceptors (Lipinski definition) is 6. The average Bonchev–Trinajstić information content (AvgIpc) is 3.05. The van der Waals surface area contributed by atoms with Crippen LogP contribution < -0.4 is 5.32 Å². The van der Waals surface area contributed by atoms with Gasteiger partial charge in [-0.15, -0.1) is 10.2 Å². The van der Waals surface area contributed by atoms with Gasteiger partial charge in [-0.1, -0.05) is 6.07 Å². The number of ether oxygens (including phenoxy) is 2. The van der Waals surface area contributed by atoms with Crippen LogP contribution >= 0.6 is 0 Å². The first kappa shape index (κ1) is 17.5. The number of hydrogen-bond donors (Lipinski definition) is 1. The summed E-state index contributed by atoms with van der Waals surface area (Å²) in [7, 11) is 1.87. The summed E-state index contributed by atoms with van der Waals surface area (Å²) in [5.41, 5.74) is 0.862. The Morgan fingerprint density at radius 1 is 1.48 bits per heavy atom. The van der Waals surface area contributed by atoms with E-state index in [9.17, 15) is 4.79 Å². The van der Waals surface area contributed by atoms with Gasteiger partial charge in [0, 0.05) is 32.7 Å². The molecule has 0 unspecified atom stereocenters. The van der Waals surface area contributed by atoms with Gasteiger partial charge in [-0.05, 0) is 18.6 Å². The Kier molecular flexibility index (Phi) is 6.08. The van der Waals surface area contributed by atoms with Crippen molar-refractivity contribution in [3.05, 3.63) is 42.2 Å². The van der Waals surface area contributed by atoms with Crippen LogP contribution in [0.3, 0.4) is 0 Å². The van der Waals surface area contributed by atoms with Crippen LogP contribution in [0.2, 0.25) is 0 Å². The van der Waals surface area contributed by atoms with Gasteiger partial charge in [0.2, 0.25) is 5.91 Å². The third-order valence-electron chi connectivity index (χ3n) is 4.20. The van der Waals surface area contributed by atoms with Crippen LogP contribution in [0, 0.1) is 0 Å². The fourth-order valence-electron chi connectivity index (χ4n) is 2.75. The predicted octanol–water partition coefficient (Wildman–Crippen LogP) is 0.633. The topological polar surface area (TPSA) is 91.2 Å². The summed E-state index contributed by atoms with van der Waals surface area (Å²) < 4.78 is 13.2. The van der Waals surface area contributed by atoms with Crippen molar-refractivity contribution in [2.75, 3.05) is 13.2 Å². The van der Waals surface area contributed by atoms with Crippen LogP contribution in [0.25, 0.3) is 0 Å². The number of nitrogens with one attached hydrogen (secondary N) is 1. The minimum atomic E-state index is -0.172. The van der Waals surface area contributed by atoms with Gasteiger partial charge in [0.1, 0.15) is 18.3 Å². The monoisotopic (exact) mass is 345 g/mol. The molecule has 1 aliphatic rings. The summed E-state index contributed by atoms with van der Waals surface area (Å²) in [4.78, 5) is 16.5. The molecule has 8 heteroatoms. The molecule has 1 N–H and O–H groups in total. The van der Waals surface area contributed by atoms with Crippen LogP contribution in [0.15, 0.2) is 30.7 Å². The summed E-state index contributed by atoms with van der Waals surface area (Å²) in [6, 6.07) is 5.66. The van der Waals surface area contributed by atoms with Crippen molar-refractivity contribution in [1.82, 2.24) is 25.1 Å². The maximum Gasteiger partial charge on any atom is 0.220 e. The Hall–Kier alpha value is -2.32. The molecule has 0 radical (unpaired) electrons. The molecule has 2 aromatic heterocycles. The van der Waals surface area contributed by atoms with E-state index in [0.29, 0.717) is 32.7 Å². The number of pyridine rings is 1. The SMILES string of the molecule is Cn1cnnc1CCC(=O)N[C@@H]1CCOC[C@H]1OCc1ccccn1. The third-order valence-corrected chi connectivity index (χ3v) is 4.20. The fraction of sp³-hybridized carbons (Fsp3) is 0.529. The molecule has 8 nitrogen and oxygen atoms in total. The lowest BCUT2D eigenvalue weighted by Gasteiger charge is -2.32. The van der Waals surface area contributed by atoms with Gasteiger partial charge < -0.3 is 19.4 Å². The predicted molar refractivity (Wildman–Crippen MR) is 89.5 cm³/mol. The molecule has 1 amide bonds. The molecule has 1 saturated heterocycles. The van der Waals surface area contributed by atoms with E-state index in [1.54, 1.807) is 12.5 Å². The largest absolute Gasteiger partial charge is 0.379 e. The van der Waals surface area contributed by atoms with Gasteiger partial charge >= 0.3 is 0 Å². The molecule has 1 aliphatic heterocycles. The maximum atomic E-state index is 12.3. The van der Waals surface area contributed by atoms with E-state index in [-0.39, 0.29) is 18.1 Å². The first-order valence-electron chi connectivity index (χ1n) is 8.44. The lowest BCUT2D eigenvalue weighted by Crippen LogP contribution is -2.50. The molecule has 2 aromatic rings. The second-order valence-corrected chi connectivity index (χ2v) is 6.07. The smallest absolute Gasteiger partial charge is 0.220 e. The number of nitrogens with zero attached hydrogens (tertiary/aromatic N) is 4. The van der Waals surface area contributed by atoms with Crippen LogP contribution in [-0.4, -0.2) is 51.0 Å². The van der Waals surface area contributed by atoms with Gasteiger partial charge in [-0.25, -0.2) is 0 Å². The first-order valence-corrected chi connectivity index (χ1v) is 8.44. The van der Waals surface area contributed by atoms with Gasteiger partial charge in [-0.2, -0.15) is 0 Å². The Balaban J connectivity index is 1.48. The zero-order chi connectivity index (χ0) is 17.5. The molecule has 3 rings (SSSR count). The van der Waals surface area contributed by atoms with Gasteiger partial charge in [0.25, 0.3) is 0 Å². The number of carbonyl (C=O) groups excluding carboxylic acids is 1. The molecule has 0 aromatic carbocycles. The number of rotatable bonds is 7. The number of amides is 1. The lowest BCUT2D eigenvalue weighted by molar-refractivity contribution is -0.126. The molecule has 134 valence electrons. The molecule has 25 heavy (non-hydrogen) atoms. The van der Waals surface area contributed by atoms with E-state index in [1.807, 2.05) is 29.8 Å². The van der Waals surface area contributed by atoms with Crippen LogP contribution in [0.1, 0.15) is 24.4 Å². The van der Waals surface area contributed by atoms with E-state index < -0.39 is 0 Å². The highest BCUT2D eigenvalue weighted by Gasteiger charge is 2.28. The summed E-state index contributed by atoms with van der Waals surface area (Å²) in [6.07, 6.45) is 4.87. The van der Waals surface area contributed by atoms with Crippen molar-refractivity contribution in [1.29, 1.82) is 0 Å². The lowest BCUT2D eigenvalue weighted by atomic mass is 10.1. The van der Waals surface area contributed by atoms with Crippen molar-refractivity contribution >= 4 is 5.91 Å². The van der Waals surface area contributed by atoms with E-state index in [1.165, 1.54) is 0 Å². The zero-order valence-electron chi connectivity index (χ0n) is 14.3. The minimum Gasteiger partial charge on any atom is -0.379 e. The summed E-state index contributed by atoms with van der Waals surface area (Å²) in [6.45, 7) is 1.50. The number of aryl methyl sites for hydroxylation is 2. The average molecular weight is 345 g/mol. The Labute approximate surface area is 146 Å². The van der Waals surface area contributed by atoms with Gasteiger partial charge in [0.15, 0.2) is 0 Å². The molecule has 0 spiro atoms. The van der Waals surface area contributed by atoms with Gasteiger partial charge in [-0.3, -0.25) is 9.78 Å². The molecular weight excluding hydrogens is 322 g/mol. The second kappa shape index (κ2) is 8.68. The standard InChI is InChI=1S/C17H23N5O3/c1-22-12-19-21-16(22)5-6-17(23)20-14-7-9-24-11-15(14)25-10-13-4-2-3-8-18-13/h2-4,8,12,14-15H,5-7,9-11H2,1H3,(H,20,23)/t14-,15-/m1/s1. The second-order valence-electron chi connectivity index (χ2n) is 6.07. The van der Waals surface area contributed by atoms with Crippen molar-refractivity contribution in [3.63, 3.8) is 0 Å². The summed E-state index contributed by atoms with van der Waals surface area (Å²) in [5.74, 6) is 0.784. The van der Waals surface area contributed by atoms with Crippen LogP contribution in [0.5, 0.6) is 0 Å². The van der Waals surface area contributed by atoms with E-state index in [0.717, 1.165) is 17.9 Å². The zero-order valence-corrected chi connectivity index (χ0v) is 14.3. The van der Waals surface area contributed by atoms with Crippen molar-refractivity contribution in [2.45, 2.75) is 38.0 Å². The molecule has 2 atom stereocenters. The summed E-state index contributed by atoms with van der Waals surface area (Å²) in [5, 5.41) is 10.9. The number of aromatic nitrogens is 4. The van der Waals surface area contributed by atoms with Crippen molar-refractivity contribution in [2.24, 2.45) is 7.05 Å². The molecule has 0 saturated carbocycles. The van der Waals surface area contributed by atoms with E-state index >= 15 is 0 Å². The summed E-state index contributed by atoms with van der Waals surface area (Å²) >= 11 is 0. The molecular formula is C17H23N5O3. The molecule has 1 fully saturated rings. The van der Waals surface area contributed by atoms with E-state index in [2.05, 4.69) is 20.5 Å². The molecule has 3 heterocycles. The molecule has 0 aliphatic carbocycles. The fourth-order valence-corrected chi connectivity index (χ4v) is 2.75. The Bertz CT molecular complexity index is 676. The minimum absolute atomic E-state index is 0.0127. The van der Waals surface area contributed by atoms with Gasteiger partial charge in [0.05, 0.1) is 24.9 Å². The maximum absolute atomic E-state index is 12.3. The van der Waals surface area contributed by atoms with Crippen molar-refractivity contribution < 1.29 is 14.3 Å². The highest BCUT2D eigenvalue weighted by atomic mass is 16.5. The third kappa shape index (κ3) is 5.07. The van der Waals surface area contributed by atoms with Crippen molar-refractivity contribution in [3.8, 4) is 0 Å². The Morgan fingerprint density at radius 3 is 3.16 bits per heavy atom. The molecule has 0 bridgehead atoms. The number of carbonyl (C=O) groups is 1. The van der Waals surface area contributed by atoms with Crippen LogP contribution in [0.4, 0.5) is 0 Å². The first-order chi connectivity index (χ1) is 12.2. The van der Waals surface area contributed by atoms with E-state index in [4.69, 9.17) is 9.47 Å². The highest BCUT2D eigenvalue weighted by molar-refractivity contribution is 5.76. The highest BCUT2D eigenvalue weighted by Crippen LogP contribution is 2.14. The quantitative estimate of drug-likeness (QED) is 0.792. The normalized spacial score (nSPS) is 20.4.